The molecule has 0 radical (unpaired) electrons. The lowest BCUT2D eigenvalue weighted by atomic mass is 9.86. The van der Waals surface area contributed by atoms with Gasteiger partial charge in [-0.05, 0) is 28.0 Å². The standard InChI is InChI=1S/C22H14O5S/c23-16-9-17-19(14(8-18(24)27-17)13-6-7-28-11-13)22-20(16)21(25)15(10-26-22)12-4-2-1-3-5-12/h1-7,9-11,14,23H,8H2/t14-/m1/s1. The summed E-state index contributed by atoms with van der Waals surface area (Å²) >= 11 is 1.53. The number of hydrogen-bond acceptors (Lipinski definition) is 6. The second-order valence-corrected chi connectivity index (χ2v) is 7.42. The Morgan fingerprint density at radius 2 is 1.93 bits per heavy atom. The number of benzene rings is 2. The van der Waals surface area contributed by atoms with Crippen LogP contribution in [0.3, 0.4) is 0 Å². The molecule has 6 heteroatoms. The molecule has 3 heterocycles. The average Bonchev–Trinajstić information content (AvgIpc) is 3.22. The first-order valence-electron chi connectivity index (χ1n) is 8.73. The maximum atomic E-state index is 13.2. The van der Waals surface area contributed by atoms with E-state index < -0.39 is 0 Å². The predicted octanol–water partition coefficient (Wildman–Crippen LogP) is 4.67. The number of thiophene rings is 1. The van der Waals surface area contributed by atoms with E-state index in [9.17, 15) is 14.7 Å². The summed E-state index contributed by atoms with van der Waals surface area (Å²) in [4.78, 5) is 25.3. The van der Waals surface area contributed by atoms with Gasteiger partial charge in [0.1, 0.15) is 28.7 Å². The van der Waals surface area contributed by atoms with E-state index in [1.165, 1.54) is 23.7 Å². The number of aromatic hydroxyl groups is 1. The highest BCUT2D eigenvalue weighted by atomic mass is 32.1. The molecule has 0 aliphatic carbocycles. The lowest BCUT2D eigenvalue weighted by Gasteiger charge is -2.25. The van der Waals surface area contributed by atoms with E-state index in [1.807, 2.05) is 47.2 Å². The summed E-state index contributed by atoms with van der Waals surface area (Å²) in [7, 11) is 0. The fraction of sp³-hybridized carbons (Fsp3) is 0.0909. The highest BCUT2D eigenvalue weighted by Gasteiger charge is 2.33. The van der Waals surface area contributed by atoms with Crippen molar-refractivity contribution in [3.8, 4) is 22.6 Å². The van der Waals surface area contributed by atoms with Crippen molar-refractivity contribution in [2.24, 2.45) is 0 Å². The van der Waals surface area contributed by atoms with Crippen molar-refractivity contribution in [3.63, 3.8) is 0 Å². The van der Waals surface area contributed by atoms with Gasteiger partial charge in [0, 0.05) is 17.5 Å². The van der Waals surface area contributed by atoms with Gasteiger partial charge < -0.3 is 14.3 Å². The molecule has 2 aromatic heterocycles. The number of ether oxygens (including phenoxy) is 1. The van der Waals surface area contributed by atoms with E-state index in [1.54, 1.807) is 0 Å². The Balaban J connectivity index is 1.82. The van der Waals surface area contributed by atoms with Crippen molar-refractivity contribution < 1.29 is 19.1 Å². The van der Waals surface area contributed by atoms with Gasteiger partial charge in [0.15, 0.2) is 0 Å². The summed E-state index contributed by atoms with van der Waals surface area (Å²) in [6, 6.07) is 12.4. The van der Waals surface area contributed by atoms with Gasteiger partial charge in [0.25, 0.3) is 0 Å². The molecule has 0 amide bonds. The number of carbonyl (C=O) groups excluding carboxylic acids is 1. The Morgan fingerprint density at radius 1 is 1.11 bits per heavy atom. The smallest absolute Gasteiger partial charge is 0.312 e. The van der Waals surface area contributed by atoms with Crippen molar-refractivity contribution >= 4 is 28.3 Å². The van der Waals surface area contributed by atoms with Crippen LogP contribution in [0.25, 0.3) is 22.1 Å². The first kappa shape index (κ1) is 16.8. The molecular weight excluding hydrogens is 376 g/mol. The van der Waals surface area contributed by atoms with Crippen LogP contribution in [-0.2, 0) is 4.79 Å². The highest BCUT2D eigenvalue weighted by Crippen LogP contribution is 2.45. The third-order valence-corrected chi connectivity index (χ3v) is 5.70. The molecule has 2 aromatic carbocycles. The van der Waals surface area contributed by atoms with Crippen LogP contribution in [0.15, 0.2) is 68.7 Å². The predicted molar refractivity (Wildman–Crippen MR) is 106 cm³/mol. The van der Waals surface area contributed by atoms with Gasteiger partial charge in [0.2, 0.25) is 5.43 Å². The minimum Gasteiger partial charge on any atom is -0.507 e. The number of esters is 1. The average molecular weight is 390 g/mol. The maximum Gasteiger partial charge on any atom is 0.312 e. The second-order valence-electron chi connectivity index (χ2n) is 6.64. The lowest BCUT2D eigenvalue weighted by molar-refractivity contribution is -0.135. The molecule has 1 aliphatic heterocycles. The monoisotopic (exact) mass is 390 g/mol. The van der Waals surface area contributed by atoms with E-state index in [-0.39, 0.29) is 46.2 Å². The zero-order valence-corrected chi connectivity index (χ0v) is 15.4. The summed E-state index contributed by atoms with van der Waals surface area (Å²) in [5, 5.41) is 14.5. The number of rotatable bonds is 2. The zero-order valence-electron chi connectivity index (χ0n) is 14.5. The summed E-state index contributed by atoms with van der Waals surface area (Å²) in [5.41, 5.74) is 2.56. The van der Waals surface area contributed by atoms with Gasteiger partial charge in [-0.3, -0.25) is 9.59 Å². The normalized spacial score (nSPS) is 16.0. The van der Waals surface area contributed by atoms with Gasteiger partial charge in [-0.15, -0.1) is 0 Å². The van der Waals surface area contributed by atoms with Crippen LogP contribution in [0, 0.1) is 0 Å². The molecule has 5 rings (SSSR count). The molecule has 138 valence electrons. The van der Waals surface area contributed by atoms with Crippen molar-refractivity contribution in [1.82, 2.24) is 0 Å². The van der Waals surface area contributed by atoms with Crippen LogP contribution < -0.4 is 10.2 Å². The molecule has 1 N–H and O–H groups in total. The Morgan fingerprint density at radius 3 is 2.68 bits per heavy atom. The Hall–Kier alpha value is -3.38. The molecule has 0 spiro atoms. The molecule has 0 saturated carbocycles. The third-order valence-electron chi connectivity index (χ3n) is 5.00. The number of carbonyl (C=O) groups is 1. The van der Waals surface area contributed by atoms with Crippen LogP contribution in [0.1, 0.15) is 23.5 Å². The van der Waals surface area contributed by atoms with Crippen molar-refractivity contribution in [1.29, 1.82) is 0 Å². The second kappa shape index (κ2) is 6.35. The largest absolute Gasteiger partial charge is 0.507 e. The van der Waals surface area contributed by atoms with Crippen LogP contribution in [0.4, 0.5) is 0 Å². The van der Waals surface area contributed by atoms with Gasteiger partial charge in [-0.25, -0.2) is 0 Å². The first-order valence-corrected chi connectivity index (χ1v) is 9.67. The number of fused-ring (bicyclic) bond motifs is 3. The van der Waals surface area contributed by atoms with Crippen LogP contribution >= 0.6 is 11.3 Å². The molecule has 5 nitrogen and oxygen atoms in total. The van der Waals surface area contributed by atoms with Gasteiger partial charge in [-0.1, -0.05) is 30.3 Å². The summed E-state index contributed by atoms with van der Waals surface area (Å²) in [6.07, 6.45) is 1.55. The molecule has 1 aliphatic rings. The summed E-state index contributed by atoms with van der Waals surface area (Å²) in [5.74, 6) is -0.714. The number of phenols is 1. The molecule has 0 fully saturated rings. The molecule has 4 aromatic rings. The van der Waals surface area contributed by atoms with Crippen LogP contribution in [-0.4, -0.2) is 11.1 Å². The number of hydrogen-bond donors (Lipinski definition) is 1. The fourth-order valence-electron chi connectivity index (χ4n) is 3.71. The molecule has 0 unspecified atom stereocenters. The van der Waals surface area contributed by atoms with E-state index in [4.69, 9.17) is 9.15 Å². The summed E-state index contributed by atoms with van der Waals surface area (Å²) in [6.45, 7) is 0. The Kier molecular flexibility index (Phi) is 3.80. The first-order chi connectivity index (χ1) is 13.6. The molecule has 1 atom stereocenters. The molecule has 0 saturated heterocycles. The molecule has 0 bridgehead atoms. The fourth-order valence-corrected chi connectivity index (χ4v) is 4.42. The van der Waals surface area contributed by atoms with Crippen LogP contribution in [0.2, 0.25) is 0 Å². The van der Waals surface area contributed by atoms with Crippen molar-refractivity contribution in [2.75, 3.05) is 0 Å². The van der Waals surface area contributed by atoms with E-state index in [2.05, 4.69) is 0 Å². The van der Waals surface area contributed by atoms with E-state index >= 15 is 0 Å². The van der Waals surface area contributed by atoms with Crippen LogP contribution in [0.5, 0.6) is 11.5 Å². The molecule has 28 heavy (non-hydrogen) atoms. The van der Waals surface area contributed by atoms with Gasteiger partial charge in [0.05, 0.1) is 12.0 Å². The minimum atomic E-state index is -0.384. The highest BCUT2D eigenvalue weighted by molar-refractivity contribution is 7.08. The Labute approximate surface area is 163 Å². The maximum absolute atomic E-state index is 13.2. The quantitative estimate of drug-likeness (QED) is 0.398. The minimum absolute atomic E-state index is 0.0956. The van der Waals surface area contributed by atoms with E-state index in [0.717, 1.165) is 5.56 Å². The van der Waals surface area contributed by atoms with Gasteiger partial charge in [-0.2, -0.15) is 11.3 Å². The molecular formula is C22H14O5S. The zero-order chi connectivity index (χ0) is 19.3. The SMILES string of the molecule is O=C1C[C@H](c2ccsc2)c2c(cc(O)c3c(=O)c(-c4ccccc4)coc23)O1. The van der Waals surface area contributed by atoms with Crippen molar-refractivity contribution in [2.45, 2.75) is 12.3 Å². The van der Waals surface area contributed by atoms with Gasteiger partial charge >= 0.3 is 5.97 Å². The van der Waals surface area contributed by atoms with Crippen molar-refractivity contribution in [3.05, 3.63) is 80.8 Å². The Bertz CT molecular complexity index is 1260. The van der Waals surface area contributed by atoms with E-state index in [0.29, 0.717) is 16.7 Å². The lowest BCUT2D eigenvalue weighted by Crippen LogP contribution is -2.21. The summed E-state index contributed by atoms with van der Waals surface area (Å²) < 4.78 is 11.2. The topological polar surface area (TPSA) is 76.7 Å². The third kappa shape index (κ3) is 2.53. The number of phenolic OH excluding ortho intramolecular Hbond substituents is 1.